The van der Waals surface area contributed by atoms with Gasteiger partial charge in [0, 0.05) is 5.70 Å². The van der Waals surface area contributed by atoms with Gasteiger partial charge in [0.1, 0.15) is 23.9 Å². The minimum atomic E-state index is -0.460. The van der Waals surface area contributed by atoms with Crippen LogP contribution in [0, 0.1) is 0 Å². The smallest absolute Gasteiger partial charge is 0.255 e. The number of carbonyl (C=O) groups excluding carboxylic acids is 1. The van der Waals surface area contributed by atoms with Crippen molar-refractivity contribution in [3.05, 3.63) is 71.7 Å². The summed E-state index contributed by atoms with van der Waals surface area (Å²) in [5, 5.41) is 10.5. The Hall–Kier alpha value is -3.81. The van der Waals surface area contributed by atoms with Gasteiger partial charge in [-0.3, -0.25) is 4.79 Å². The molecule has 3 aromatic rings. The van der Waals surface area contributed by atoms with E-state index in [1.807, 2.05) is 43.3 Å². The van der Waals surface area contributed by atoms with Crippen molar-refractivity contribution in [3.63, 3.8) is 0 Å². The number of allylic oxidation sites excluding steroid dienone is 1. The van der Waals surface area contributed by atoms with E-state index in [1.54, 1.807) is 31.0 Å². The van der Waals surface area contributed by atoms with E-state index in [2.05, 4.69) is 20.7 Å². The molecule has 1 amide bonds. The molecule has 0 spiro atoms. The molecule has 2 heterocycles. The molecule has 0 aliphatic carbocycles. The molecule has 8 nitrogen and oxygen atoms in total. The lowest BCUT2D eigenvalue weighted by Crippen LogP contribution is -2.31. The standard InChI is InChI=1S/C21H21N5O3/c1-13-18(20(27)25-16-9-4-5-10-17(16)29-3)19(26-21(24-13)22-12-23-26)14-7-6-8-15(11-14)28-2/h4-12,19H,1-3H3,(H,25,27)(H,22,23,24). The predicted octanol–water partition coefficient (Wildman–Crippen LogP) is 3.22. The van der Waals surface area contributed by atoms with Gasteiger partial charge in [0.2, 0.25) is 5.95 Å². The Morgan fingerprint density at radius 3 is 2.76 bits per heavy atom. The third kappa shape index (κ3) is 3.40. The highest BCUT2D eigenvalue weighted by atomic mass is 16.5. The Labute approximate surface area is 168 Å². The summed E-state index contributed by atoms with van der Waals surface area (Å²) in [7, 11) is 3.18. The molecule has 2 N–H and O–H groups in total. The van der Waals surface area contributed by atoms with Crippen LogP contribution in [0.25, 0.3) is 0 Å². The Morgan fingerprint density at radius 2 is 1.97 bits per heavy atom. The van der Waals surface area contributed by atoms with Gasteiger partial charge in [-0.2, -0.15) is 10.1 Å². The minimum Gasteiger partial charge on any atom is -0.497 e. The number of para-hydroxylation sites is 2. The first-order valence-corrected chi connectivity index (χ1v) is 9.08. The van der Waals surface area contributed by atoms with E-state index in [4.69, 9.17) is 9.47 Å². The molecule has 1 unspecified atom stereocenters. The van der Waals surface area contributed by atoms with Gasteiger partial charge in [-0.15, -0.1) is 0 Å². The van der Waals surface area contributed by atoms with Gasteiger partial charge in [-0.1, -0.05) is 24.3 Å². The number of aromatic nitrogens is 3. The Morgan fingerprint density at radius 1 is 1.14 bits per heavy atom. The lowest BCUT2D eigenvalue weighted by atomic mass is 9.95. The van der Waals surface area contributed by atoms with Crippen molar-refractivity contribution in [3.8, 4) is 11.5 Å². The molecule has 8 heteroatoms. The van der Waals surface area contributed by atoms with Crippen molar-refractivity contribution in [2.75, 3.05) is 24.9 Å². The second kappa shape index (κ2) is 7.67. The van der Waals surface area contributed by atoms with Crippen LogP contribution in [0.1, 0.15) is 18.5 Å². The number of benzene rings is 2. The Kier molecular flexibility index (Phi) is 4.90. The van der Waals surface area contributed by atoms with Crippen LogP contribution in [0.5, 0.6) is 11.5 Å². The van der Waals surface area contributed by atoms with Crippen LogP contribution in [-0.2, 0) is 4.79 Å². The van der Waals surface area contributed by atoms with E-state index >= 15 is 0 Å². The summed E-state index contributed by atoms with van der Waals surface area (Å²) in [4.78, 5) is 17.6. The highest BCUT2D eigenvalue weighted by Gasteiger charge is 2.33. The number of fused-ring (bicyclic) bond motifs is 1. The maximum absolute atomic E-state index is 13.4. The number of nitrogens with one attached hydrogen (secondary N) is 2. The fourth-order valence-corrected chi connectivity index (χ4v) is 3.44. The molecule has 0 radical (unpaired) electrons. The Balaban J connectivity index is 1.77. The van der Waals surface area contributed by atoms with Crippen LogP contribution < -0.4 is 20.1 Å². The molecule has 1 atom stereocenters. The topological polar surface area (TPSA) is 90.3 Å². The molecular weight excluding hydrogens is 370 g/mol. The van der Waals surface area contributed by atoms with Crippen LogP contribution in [0.4, 0.5) is 11.6 Å². The summed E-state index contributed by atoms with van der Waals surface area (Å²) < 4.78 is 12.4. The zero-order chi connectivity index (χ0) is 20.4. The van der Waals surface area contributed by atoms with Crippen molar-refractivity contribution in [2.45, 2.75) is 13.0 Å². The van der Waals surface area contributed by atoms with Crippen molar-refractivity contribution in [1.29, 1.82) is 0 Å². The van der Waals surface area contributed by atoms with Gasteiger partial charge in [-0.05, 0) is 36.8 Å². The minimum absolute atomic E-state index is 0.256. The second-order valence-electron chi connectivity index (χ2n) is 6.53. The predicted molar refractivity (Wildman–Crippen MR) is 109 cm³/mol. The molecule has 1 aliphatic heterocycles. The molecule has 1 aliphatic rings. The van der Waals surface area contributed by atoms with Crippen LogP contribution in [0.3, 0.4) is 0 Å². The number of anilines is 2. The van der Waals surface area contributed by atoms with E-state index in [1.165, 1.54) is 6.33 Å². The SMILES string of the molecule is COc1cccc(C2C(C(=O)Nc3ccccc3OC)=C(C)Nc3ncnn32)c1. The first-order valence-electron chi connectivity index (χ1n) is 9.08. The van der Waals surface area contributed by atoms with Gasteiger partial charge in [0.25, 0.3) is 5.91 Å². The maximum atomic E-state index is 13.4. The van der Waals surface area contributed by atoms with E-state index in [-0.39, 0.29) is 5.91 Å². The first kappa shape index (κ1) is 18.5. The number of nitrogens with zero attached hydrogens (tertiary/aromatic N) is 3. The maximum Gasteiger partial charge on any atom is 0.255 e. The van der Waals surface area contributed by atoms with Crippen molar-refractivity contribution >= 4 is 17.5 Å². The number of ether oxygens (including phenoxy) is 2. The zero-order valence-electron chi connectivity index (χ0n) is 16.3. The number of hydrogen-bond acceptors (Lipinski definition) is 6. The number of amides is 1. The highest BCUT2D eigenvalue weighted by molar-refractivity contribution is 6.06. The monoisotopic (exact) mass is 391 g/mol. The number of hydrogen-bond donors (Lipinski definition) is 2. The van der Waals surface area contributed by atoms with Crippen LogP contribution in [0.15, 0.2) is 66.1 Å². The van der Waals surface area contributed by atoms with Crippen LogP contribution >= 0.6 is 0 Å². The third-order valence-electron chi connectivity index (χ3n) is 4.80. The van der Waals surface area contributed by atoms with Gasteiger partial charge < -0.3 is 20.1 Å². The molecule has 148 valence electrons. The summed E-state index contributed by atoms with van der Waals surface area (Å²) in [6.45, 7) is 1.85. The summed E-state index contributed by atoms with van der Waals surface area (Å²) >= 11 is 0. The quantitative estimate of drug-likeness (QED) is 0.694. The average molecular weight is 391 g/mol. The van der Waals surface area contributed by atoms with Crippen molar-refractivity contribution in [1.82, 2.24) is 14.8 Å². The second-order valence-corrected chi connectivity index (χ2v) is 6.53. The molecule has 29 heavy (non-hydrogen) atoms. The Bertz CT molecular complexity index is 1090. The van der Waals surface area contributed by atoms with Crippen molar-refractivity contribution < 1.29 is 14.3 Å². The fourth-order valence-electron chi connectivity index (χ4n) is 3.44. The zero-order valence-corrected chi connectivity index (χ0v) is 16.3. The van der Waals surface area contributed by atoms with Crippen molar-refractivity contribution in [2.24, 2.45) is 0 Å². The molecule has 0 saturated heterocycles. The highest BCUT2D eigenvalue weighted by Crippen LogP contribution is 2.36. The molecule has 2 aromatic carbocycles. The number of methoxy groups -OCH3 is 2. The van der Waals surface area contributed by atoms with Gasteiger partial charge in [-0.25, -0.2) is 4.68 Å². The molecular formula is C21H21N5O3. The van der Waals surface area contributed by atoms with E-state index in [0.717, 1.165) is 5.56 Å². The fraction of sp³-hybridized carbons (Fsp3) is 0.190. The van der Waals surface area contributed by atoms with Gasteiger partial charge in [0.05, 0.1) is 25.5 Å². The molecule has 0 bridgehead atoms. The normalized spacial score (nSPS) is 15.3. The lowest BCUT2D eigenvalue weighted by molar-refractivity contribution is -0.113. The van der Waals surface area contributed by atoms with E-state index < -0.39 is 6.04 Å². The summed E-state index contributed by atoms with van der Waals surface area (Å²) in [6.07, 6.45) is 1.46. The van der Waals surface area contributed by atoms with E-state index in [9.17, 15) is 4.79 Å². The molecule has 1 aromatic heterocycles. The summed E-state index contributed by atoms with van der Waals surface area (Å²) in [6, 6.07) is 14.4. The lowest BCUT2D eigenvalue weighted by Gasteiger charge is -2.29. The number of rotatable bonds is 5. The van der Waals surface area contributed by atoms with Gasteiger partial charge in [0.15, 0.2) is 0 Å². The summed E-state index contributed by atoms with van der Waals surface area (Å²) in [5.74, 6) is 1.60. The third-order valence-corrected chi connectivity index (χ3v) is 4.80. The average Bonchev–Trinajstić information content (AvgIpc) is 3.21. The van der Waals surface area contributed by atoms with Crippen LogP contribution in [-0.4, -0.2) is 34.9 Å². The molecule has 0 fully saturated rings. The first-order chi connectivity index (χ1) is 14.1. The van der Waals surface area contributed by atoms with E-state index in [0.29, 0.717) is 34.4 Å². The number of carbonyl (C=O) groups is 1. The summed E-state index contributed by atoms with van der Waals surface area (Å²) in [5.41, 5.74) is 2.68. The van der Waals surface area contributed by atoms with Gasteiger partial charge >= 0.3 is 0 Å². The molecule has 4 rings (SSSR count). The van der Waals surface area contributed by atoms with Crippen LogP contribution in [0.2, 0.25) is 0 Å². The largest absolute Gasteiger partial charge is 0.497 e. The molecule has 0 saturated carbocycles.